The zero-order valence-corrected chi connectivity index (χ0v) is 13.9. The first-order valence-corrected chi connectivity index (χ1v) is 7.56. The molecule has 24 heavy (non-hydrogen) atoms. The predicted molar refractivity (Wildman–Crippen MR) is 89.0 cm³/mol. The summed E-state index contributed by atoms with van der Waals surface area (Å²) in [4.78, 5) is 28.3. The Hall–Kier alpha value is -2.76. The molecule has 0 aliphatic rings. The van der Waals surface area contributed by atoms with Crippen molar-refractivity contribution in [3.05, 3.63) is 65.2 Å². The summed E-state index contributed by atoms with van der Waals surface area (Å²) in [5.41, 5.74) is 0.449. The number of carbonyl (C=O) groups is 2. The Morgan fingerprint density at radius 3 is 2.50 bits per heavy atom. The number of benzene rings is 1. The number of pyridine rings is 1. The standard InChI is InChI=1S/C18H20FN3O2/c1-18(2,3)22-16(23)12-8-9-20-15(10-12)17(24)21-11-13-6-4-5-7-14(13)19/h4-10H,11H2,1-3H3,(H,21,24)(H,22,23). The fraction of sp³-hybridized carbons (Fsp3) is 0.278. The molecule has 0 unspecified atom stereocenters. The molecule has 2 amide bonds. The van der Waals surface area contributed by atoms with Gasteiger partial charge in [0, 0.05) is 29.4 Å². The highest BCUT2D eigenvalue weighted by Gasteiger charge is 2.17. The number of hydrogen-bond acceptors (Lipinski definition) is 3. The minimum absolute atomic E-state index is 0.0472. The van der Waals surface area contributed by atoms with Gasteiger partial charge in [0.2, 0.25) is 0 Å². The predicted octanol–water partition coefficient (Wildman–Crippen LogP) is 2.68. The molecule has 2 rings (SSSR count). The molecule has 0 aliphatic heterocycles. The van der Waals surface area contributed by atoms with Crippen molar-refractivity contribution in [1.82, 2.24) is 15.6 Å². The van der Waals surface area contributed by atoms with Crippen LogP contribution >= 0.6 is 0 Å². The van der Waals surface area contributed by atoms with Gasteiger partial charge in [-0.1, -0.05) is 18.2 Å². The molecule has 126 valence electrons. The molecule has 0 aliphatic carbocycles. The van der Waals surface area contributed by atoms with E-state index in [1.54, 1.807) is 18.2 Å². The first-order valence-electron chi connectivity index (χ1n) is 7.56. The lowest BCUT2D eigenvalue weighted by molar-refractivity contribution is 0.0919. The molecule has 1 heterocycles. The van der Waals surface area contributed by atoms with Crippen molar-refractivity contribution >= 4 is 11.8 Å². The average molecular weight is 329 g/mol. The number of hydrogen-bond donors (Lipinski definition) is 2. The second-order valence-corrected chi connectivity index (χ2v) is 6.41. The zero-order chi connectivity index (χ0) is 17.7. The summed E-state index contributed by atoms with van der Waals surface area (Å²) in [5, 5.41) is 5.42. The Kier molecular flexibility index (Phi) is 5.28. The van der Waals surface area contributed by atoms with Crippen LogP contribution in [0.3, 0.4) is 0 Å². The van der Waals surface area contributed by atoms with Crippen LogP contribution in [0, 0.1) is 5.82 Å². The number of nitrogens with one attached hydrogen (secondary N) is 2. The summed E-state index contributed by atoms with van der Waals surface area (Å²) in [6.45, 7) is 5.65. The highest BCUT2D eigenvalue weighted by atomic mass is 19.1. The second kappa shape index (κ2) is 7.21. The topological polar surface area (TPSA) is 71.1 Å². The van der Waals surface area contributed by atoms with E-state index in [1.165, 1.54) is 24.4 Å². The van der Waals surface area contributed by atoms with Crippen LogP contribution in [0.25, 0.3) is 0 Å². The number of carbonyl (C=O) groups excluding carboxylic acids is 2. The number of amides is 2. The van der Waals surface area contributed by atoms with E-state index >= 15 is 0 Å². The van der Waals surface area contributed by atoms with Gasteiger partial charge in [-0.2, -0.15) is 0 Å². The normalized spacial score (nSPS) is 11.0. The van der Waals surface area contributed by atoms with Gasteiger partial charge in [0.05, 0.1) is 0 Å². The van der Waals surface area contributed by atoms with Crippen LogP contribution in [0.1, 0.15) is 47.2 Å². The van der Waals surface area contributed by atoms with Crippen molar-refractivity contribution in [2.75, 3.05) is 0 Å². The van der Waals surface area contributed by atoms with E-state index in [4.69, 9.17) is 0 Å². The lowest BCUT2D eigenvalue weighted by Gasteiger charge is -2.20. The molecule has 5 nitrogen and oxygen atoms in total. The summed E-state index contributed by atoms with van der Waals surface area (Å²) in [5.74, 6) is -1.14. The van der Waals surface area contributed by atoms with Crippen LogP contribution in [0.15, 0.2) is 42.6 Å². The van der Waals surface area contributed by atoms with Crippen LogP contribution in [0.2, 0.25) is 0 Å². The molecule has 0 radical (unpaired) electrons. The lowest BCUT2D eigenvalue weighted by atomic mass is 10.1. The van der Waals surface area contributed by atoms with Gasteiger partial charge < -0.3 is 10.6 Å². The molecule has 0 spiro atoms. The van der Waals surface area contributed by atoms with Gasteiger partial charge in [-0.05, 0) is 39.0 Å². The van der Waals surface area contributed by atoms with E-state index in [1.807, 2.05) is 20.8 Å². The summed E-state index contributed by atoms with van der Waals surface area (Å²) < 4.78 is 13.6. The summed E-state index contributed by atoms with van der Waals surface area (Å²) in [6, 6.07) is 9.15. The molecule has 0 bridgehead atoms. The van der Waals surface area contributed by atoms with Gasteiger partial charge in [0.1, 0.15) is 11.5 Å². The van der Waals surface area contributed by atoms with Crippen molar-refractivity contribution < 1.29 is 14.0 Å². The Labute approximate surface area is 140 Å². The first kappa shape index (κ1) is 17.6. The molecule has 0 saturated carbocycles. The molecule has 0 saturated heterocycles. The molecule has 0 fully saturated rings. The second-order valence-electron chi connectivity index (χ2n) is 6.41. The van der Waals surface area contributed by atoms with E-state index in [2.05, 4.69) is 15.6 Å². The molecule has 2 N–H and O–H groups in total. The molecule has 6 heteroatoms. The lowest BCUT2D eigenvalue weighted by Crippen LogP contribution is -2.40. The zero-order valence-electron chi connectivity index (χ0n) is 13.9. The highest BCUT2D eigenvalue weighted by Crippen LogP contribution is 2.08. The molecular formula is C18H20FN3O2. The fourth-order valence-corrected chi connectivity index (χ4v) is 2.02. The third kappa shape index (κ3) is 4.87. The van der Waals surface area contributed by atoms with Crippen molar-refractivity contribution in [2.24, 2.45) is 0 Å². The maximum absolute atomic E-state index is 13.6. The highest BCUT2D eigenvalue weighted by molar-refractivity contribution is 5.98. The molecule has 2 aromatic rings. The van der Waals surface area contributed by atoms with E-state index in [0.717, 1.165) is 0 Å². The first-order chi connectivity index (χ1) is 11.3. The van der Waals surface area contributed by atoms with Crippen molar-refractivity contribution in [1.29, 1.82) is 0 Å². The fourth-order valence-electron chi connectivity index (χ4n) is 2.02. The maximum atomic E-state index is 13.6. The van der Waals surface area contributed by atoms with Crippen molar-refractivity contribution in [3.8, 4) is 0 Å². The Morgan fingerprint density at radius 2 is 1.83 bits per heavy atom. The van der Waals surface area contributed by atoms with E-state index < -0.39 is 5.91 Å². The van der Waals surface area contributed by atoms with Crippen LogP contribution in [-0.4, -0.2) is 22.3 Å². The Morgan fingerprint density at radius 1 is 1.12 bits per heavy atom. The van der Waals surface area contributed by atoms with Crippen LogP contribution in [-0.2, 0) is 6.54 Å². The van der Waals surface area contributed by atoms with E-state index in [-0.39, 0.29) is 29.5 Å². The molecule has 0 atom stereocenters. The monoisotopic (exact) mass is 329 g/mol. The molecular weight excluding hydrogens is 309 g/mol. The summed E-state index contributed by atoms with van der Waals surface area (Å²) in [6.07, 6.45) is 1.40. The Bertz CT molecular complexity index is 754. The third-order valence-electron chi connectivity index (χ3n) is 3.14. The number of nitrogens with zero attached hydrogens (tertiary/aromatic N) is 1. The maximum Gasteiger partial charge on any atom is 0.270 e. The van der Waals surface area contributed by atoms with E-state index in [9.17, 15) is 14.0 Å². The largest absolute Gasteiger partial charge is 0.347 e. The van der Waals surface area contributed by atoms with Crippen LogP contribution < -0.4 is 10.6 Å². The van der Waals surface area contributed by atoms with Gasteiger partial charge in [-0.25, -0.2) is 4.39 Å². The summed E-state index contributed by atoms with van der Waals surface area (Å²) >= 11 is 0. The van der Waals surface area contributed by atoms with Crippen molar-refractivity contribution in [3.63, 3.8) is 0 Å². The smallest absolute Gasteiger partial charge is 0.270 e. The quantitative estimate of drug-likeness (QED) is 0.906. The number of aromatic nitrogens is 1. The van der Waals surface area contributed by atoms with Gasteiger partial charge in [-0.15, -0.1) is 0 Å². The van der Waals surface area contributed by atoms with Crippen molar-refractivity contribution in [2.45, 2.75) is 32.9 Å². The summed E-state index contributed by atoms with van der Waals surface area (Å²) in [7, 11) is 0. The minimum Gasteiger partial charge on any atom is -0.347 e. The molecule has 1 aromatic carbocycles. The molecule has 1 aromatic heterocycles. The van der Waals surface area contributed by atoms with E-state index in [0.29, 0.717) is 11.1 Å². The van der Waals surface area contributed by atoms with Gasteiger partial charge in [0.25, 0.3) is 11.8 Å². The number of rotatable bonds is 4. The third-order valence-corrected chi connectivity index (χ3v) is 3.14. The SMILES string of the molecule is CC(C)(C)NC(=O)c1ccnc(C(=O)NCc2ccccc2F)c1. The Balaban J connectivity index is 2.06. The van der Waals surface area contributed by atoms with Crippen LogP contribution in [0.4, 0.5) is 4.39 Å². The minimum atomic E-state index is -0.469. The number of halogens is 1. The van der Waals surface area contributed by atoms with Gasteiger partial charge in [0.15, 0.2) is 0 Å². The average Bonchev–Trinajstić information content (AvgIpc) is 2.52. The van der Waals surface area contributed by atoms with Gasteiger partial charge in [-0.3, -0.25) is 14.6 Å². The van der Waals surface area contributed by atoms with Crippen LogP contribution in [0.5, 0.6) is 0 Å². The van der Waals surface area contributed by atoms with Gasteiger partial charge >= 0.3 is 0 Å².